The van der Waals surface area contributed by atoms with Crippen molar-refractivity contribution < 1.29 is 20.4 Å². The van der Waals surface area contributed by atoms with E-state index in [0.717, 1.165) is 13.8 Å². The Morgan fingerprint density at radius 2 is 1.57 bits per heavy atom. The summed E-state index contributed by atoms with van der Waals surface area (Å²) in [5.74, 6) is -5.26. The second kappa shape index (κ2) is 2.71. The molecule has 0 spiro atoms. The Labute approximate surface area is 79.9 Å². The number of hydrogen-bond donors (Lipinski definition) is 4. The van der Waals surface area contributed by atoms with Crippen molar-refractivity contribution in [2.45, 2.75) is 31.6 Å². The molecule has 1 atom stereocenters. The normalized spacial score (nSPS) is 21.5. The quantitative estimate of drug-likeness (QED) is 0.421. The van der Waals surface area contributed by atoms with Gasteiger partial charge in [0.1, 0.15) is 0 Å². The zero-order chi connectivity index (χ0) is 11.2. The molecule has 0 fully saturated rings. The molecule has 78 valence electrons. The molecule has 0 aliphatic carbocycles. The van der Waals surface area contributed by atoms with E-state index in [4.69, 9.17) is 5.26 Å². The maximum Gasteiger partial charge on any atom is 0.235 e. The van der Waals surface area contributed by atoms with Crippen molar-refractivity contribution in [3.05, 3.63) is 0 Å². The molecule has 0 bridgehead atoms. The van der Waals surface area contributed by atoms with Crippen molar-refractivity contribution in [1.29, 1.82) is 5.26 Å². The molecule has 0 aromatic heterocycles. The third-order valence-corrected chi connectivity index (χ3v) is 2.50. The van der Waals surface area contributed by atoms with Gasteiger partial charge in [-0.2, -0.15) is 15.5 Å². The summed E-state index contributed by atoms with van der Waals surface area (Å²) in [6, 6.07) is 1.46. The van der Waals surface area contributed by atoms with Crippen molar-refractivity contribution in [3.8, 4) is 6.07 Å². The molecule has 1 unspecified atom stereocenters. The standard InChI is InChI=1S/C7H11N3O4/c1-5(3-8,6(2,11)12)7(13,14)4-9-10-4/h4,11-14H,1-2H3. The van der Waals surface area contributed by atoms with E-state index in [0.29, 0.717) is 0 Å². The molecule has 1 heterocycles. The van der Waals surface area contributed by atoms with Crippen LogP contribution in [0.25, 0.3) is 0 Å². The summed E-state index contributed by atoms with van der Waals surface area (Å²) in [5, 5.41) is 52.9. The fourth-order valence-electron chi connectivity index (χ4n) is 0.989. The van der Waals surface area contributed by atoms with Gasteiger partial charge in [-0.3, -0.25) is 0 Å². The van der Waals surface area contributed by atoms with Gasteiger partial charge in [0.2, 0.25) is 12.0 Å². The van der Waals surface area contributed by atoms with Gasteiger partial charge in [0.15, 0.2) is 11.2 Å². The van der Waals surface area contributed by atoms with Gasteiger partial charge in [-0.15, -0.1) is 0 Å². The smallest absolute Gasteiger partial charge is 0.235 e. The summed E-state index contributed by atoms with van der Waals surface area (Å²) in [6.45, 7) is 1.90. The van der Waals surface area contributed by atoms with Crippen LogP contribution in [0.3, 0.4) is 0 Å². The van der Waals surface area contributed by atoms with Crippen LogP contribution in [0.4, 0.5) is 0 Å². The zero-order valence-electron chi connectivity index (χ0n) is 7.71. The fraction of sp³-hybridized carbons (Fsp3) is 0.857. The van der Waals surface area contributed by atoms with Gasteiger partial charge >= 0.3 is 0 Å². The molecule has 0 amide bonds. The molecule has 0 saturated heterocycles. The van der Waals surface area contributed by atoms with E-state index >= 15 is 0 Å². The summed E-state index contributed by atoms with van der Waals surface area (Å²) < 4.78 is 0. The fourth-order valence-corrected chi connectivity index (χ4v) is 0.989. The predicted octanol–water partition coefficient (Wildman–Crippen LogP) is -1.31. The van der Waals surface area contributed by atoms with E-state index in [2.05, 4.69) is 10.2 Å². The van der Waals surface area contributed by atoms with Crippen LogP contribution in [0, 0.1) is 16.7 Å². The minimum atomic E-state index is -2.69. The maximum absolute atomic E-state index is 9.53. The monoisotopic (exact) mass is 201 g/mol. The summed E-state index contributed by atoms with van der Waals surface area (Å²) in [6.07, 6.45) is -1.20. The van der Waals surface area contributed by atoms with Gasteiger partial charge in [-0.1, -0.05) is 0 Å². The minimum Gasteiger partial charge on any atom is -0.364 e. The highest BCUT2D eigenvalue weighted by Crippen LogP contribution is 2.44. The molecule has 1 aliphatic heterocycles. The predicted molar refractivity (Wildman–Crippen MR) is 42.4 cm³/mol. The lowest BCUT2D eigenvalue weighted by atomic mass is 9.74. The van der Waals surface area contributed by atoms with Crippen LogP contribution in [-0.2, 0) is 0 Å². The Bertz CT molecular complexity index is 308. The average molecular weight is 201 g/mol. The van der Waals surface area contributed by atoms with E-state index in [-0.39, 0.29) is 0 Å². The zero-order valence-corrected chi connectivity index (χ0v) is 7.71. The molecule has 7 nitrogen and oxygen atoms in total. The van der Waals surface area contributed by atoms with Crippen molar-refractivity contribution in [2.24, 2.45) is 15.6 Å². The first-order chi connectivity index (χ1) is 6.17. The number of aliphatic hydroxyl groups is 4. The van der Waals surface area contributed by atoms with E-state index in [9.17, 15) is 20.4 Å². The second-order valence-electron chi connectivity index (χ2n) is 3.59. The molecule has 1 rings (SSSR count). The van der Waals surface area contributed by atoms with Gasteiger partial charge in [-0.05, 0) is 13.8 Å². The van der Waals surface area contributed by atoms with Gasteiger partial charge in [0.25, 0.3) is 0 Å². The van der Waals surface area contributed by atoms with Crippen LogP contribution < -0.4 is 0 Å². The third-order valence-electron chi connectivity index (χ3n) is 2.50. The Morgan fingerprint density at radius 1 is 1.14 bits per heavy atom. The highest BCUT2D eigenvalue weighted by Gasteiger charge is 2.64. The highest BCUT2D eigenvalue weighted by atomic mass is 16.5. The molecule has 0 aromatic rings. The summed E-state index contributed by atoms with van der Waals surface area (Å²) in [4.78, 5) is 0. The second-order valence-corrected chi connectivity index (χ2v) is 3.59. The average Bonchev–Trinajstić information content (AvgIpc) is 2.82. The minimum absolute atomic E-state index is 0.889. The van der Waals surface area contributed by atoms with Crippen molar-refractivity contribution in [3.63, 3.8) is 0 Å². The van der Waals surface area contributed by atoms with E-state index in [1.807, 2.05) is 0 Å². The van der Waals surface area contributed by atoms with E-state index in [1.54, 1.807) is 0 Å². The first kappa shape index (κ1) is 11.0. The summed E-state index contributed by atoms with van der Waals surface area (Å²) in [7, 11) is 0. The molecular weight excluding hydrogens is 190 g/mol. The van der Waals surface area contributed by atoms with E-state index < -0.39 is 23.2 Å². The van der Waals surface area contributed by atoms with Crippen LogP contribution in [0.15, 0.2) is 10.2 Å². The van der Waals surface area contributed by atoms with Crippen molar-refractivity contribution >= 4 is 0 Å². The molecule has 14 heavy (non-hydrogen) atoms. The number of rotatable bonds is 3. The van der Waals surface area contributed by atoms with Crippen LogP contribution >= 0.6 is 0 Å². The van der Waals surface area contributed by atoms with Crippen LogP contribution in [0.5, 0.6) is 0 Å². The van der Waals surface area contributed by atoms with Crippen LogP contribution in [0.1, 0.15) is 13.8 Å². The molecule has 0 aromatic carbocycles. The first-order valence-electron chi connectivity index (χ1n) is 3.87. The number of nitriles is 1. The van der Waals surface area contributed by atoms with Gasteiger partial charge in [0.05, 0.1) is 6.07 Å². The molecular formula is C7H11N3O4. The Balaban J connectivity index is 3.07. The van der Waals surface area contributed by atoms with Crippen LogP contribution in [-0.4, -0.2) is 38.2 Å². The molecule has 0 saturated carbocycles. The molecule has 4 N–H and O–H groups in total. The van der Waals surface area contributed by atoms with Gasteiger partial charge in [0, 0.05) is 0 Å². The Kier molecular flexibility index (Phi) is 2.13. The Morgan fingerprint density at radius 3 is 1.79 bits per heavy atom. The lowest BCUT2D eigenvalue weighted by Gasteiger charge is -2.40. The van der Waals surface area contributed by atoms with Gasteiger partial charge in [-0.25, -0.2) is 0 Å². The lowest BCUT2D eigenvalue weighted by Crippen LogP contribution is -2.61. The molecule has 0 radical (unpaired) electrons. The number of nitrogens with zero attached hydrogens (tertiary/aromatic N) is 3. The Hall–Kier alpha value is -1.07. The number of hydrogen-bond acceptors (Lipinski definition) is 7. The van der Waals surface area contributed by atoms with Crippen LogP contribution in [0.2, 0.25) is 0 Å². The molecule has 7 heteroatoms. The summed E-state index contributed by atoms with van der Waals surface area (Å²) >= 11 is 0. The largest absolute Gasteiger partial charge is 0.364 e. The first-order valence-corrected chi connectivity index (χ1v) is 3.87. The van der Waals surface area contributed by atoms with Gasteiger partial charge < -0.3 is 20.4 Å². The SMILES string of the molecule is CC(O)(O)C(C)(C#N)C(O)(O)C1N=N1. The van der Waals surface area contributed by atoms with Crippen molar-refractivity contribution in [1.82, 2.24) is 0 Å². The topological polar surface area (TPSA) is 129 Å². The van der Waals surface area contributed by atoms with E-state index in [1.165, 1.54) is 6.07 Å². The summed E-state index contributed by atoms with van der Waals surface area (Å²) in [5.41, 5.74) is -2.20. The third kappa shape index (κ3) is 1.29. The maximum atomic E-state index is 9.53. The lowest BCUT2D eigenvalue weighted by molar-refractivity contribution is -0.320. The van der Waals surface area contributed by atoms with Crippen molar-refractivity contribution in [2.75, 3.05) is 0 Å². The molecule has 1 aliphatic rings. The highest BCUT2D eigenvalue weighted by molar-refractivity contribution is 5.14.